The number of aliphatic hydroxyl groups excluding tert-OH is 1. The van der Waals surface area contributed by atoms with Crippen LogP contribution < -0.4 is 0 Å². The van der Waals surface area contributed by atoms with Crippen molar-refractivity contribution in [3.05, 3.63) is 29.5 Å². The Morgan fingerprint density at radius 2 is 2.19 bits per heavy atom. The summed E-state index contributed by atoms with van der Waals surface area (Å²) in [6.07, 6.45) is 2.86. The predicted molar refractivity (Wildman–Crippen MR) is 100 cm³/mol. The fourth-order valence-corrected chi connectivity index (χ4v) is 5.84. The van der Waals surface area contributed by atoms with Gasteiger partial charge in [-0.1, -0.05) is 0 Å². The van der Waals surface area contributed by atoms with Crippen molar-refractivity contribution < 1.29 is 19.7 Å². The summed E-state index contributed by atoms with van der Waals surface area (Å²) in [5.41, 5.74) is 3.55. The second-order valence-corrected chi connectivity index (χ2v) is 8.36. The Kier molecular flexibility index (Phi) is 3.95. The minimum Gasteiger partial charge on any atom is -0.508 e. The van der Waals surface area contributed by atoms with Gasteiger partial charge in [-0.05, 0) is 61.3 Å². The number of phenols is 1. The monoisotopic (exact) mass is 370 g/mol. The largest absolute Gasteiger partial charge is 0.508 e. The molecule has 1 saturated heterocycles. The number of aromatic nitrogens is 1. The normalized spacial score (nSPS) is 33.2. The first-order valence-corrected chi connectivity index (χ1v) is 9.90. The van der Waals surface area contributed by atoms with Gasteiger partial charge in [0.05, 0.1) is 25.2 Å². The number of hydrogen-bond acceptors (Lipinski definition) is 5. The second kappa shape index (κ2) is 6.24. The summed E-state index contributed by atoms with van der Waals surface area (Å²) in [6, 6.07) is 5.71. The van der Waals surface area contributed by atoms with Gasteiger partial charge in [0.25, 0.3) is 0 Å². The van der Waals surface area contributed by atoms with Gasteiger partial charge in [0.15, 0.2) is 0 Å². The van der Waals surface area contributed by atoms with E-state index in [0.717, 1.165) is 43.3 Å². The fraction of sp³-hybridized carbons (Fsp3) is 0.571. The number of phenolic OH excluding ortho intramolecular Hbond substituents is 1. The minimum atomic E-state index is -0.604. The summed E-state index contributed by atoms with van der Waals surface area (Å²) >= 11 is 0. The number of hydrogen-bond donors (Lipinski definition) is 3. The molecule has 0 amide bonds. The maximum absolute atomic E-state index is 12.4. The SMILES string of the molecule is COC(=O)[C@@H]1[C@@H]2C[C@H]3c4[nH]c5ccc(O)cc5c4CCN3C[C@@H]2CC[C@@H]1O. The lowest BCUT2D eigenvalue weighted by Crippen LogP contribution is -2.53. The number of aliphatic hydroxyl groups is 1. The molecular formula is C21H26N2O4. The van der Waals surface area contributed by atoms with E-state index in [1.165, 1.54) is 18.4 Å². The summed E-state index contributed by atoms with van der Waals surface area (Å²) in [6.45, 7) is 1.96. The number of benzene rings is 1. The number of carbonyl (C=O) groups is 1. The zero-order chi connectivity index (χ0) is 18.7. The molecule has 0 bridgehead atoms. The summed E-state index contributed by atoms with van der Waals surface area (Å²) in [7, 11) is 1.41. The molecule has 3 N–H and O–H groups in total. The third-order valence-corrected chi connectivity index (χ3v) is 7.10. The molecule has 0 spiro atoms. The van der Waals surface area contributed by atoms with Crippen LogP contribution in [-0.2, 0) is 16.0 Å². The number of nitrogens with one attached hydrogen (secondary N) is 1. The Bertz CT molecular complexity index is 892. The molecule has 1 aromatic carbocycles. The molecule has 0 radical (unpaired) electrons. The molecule has 27 heavy (non-hydrogen) atoms. The number of ether oxygens (including phenoxy) is 1. The van der Waals surface area contributed by atoms with Crippen molar-refractivity contribution in [1.82, 2.24) is 9.88 Å². The minimum absolute atomic E-state index is 0.146. The smallest absolute Gasteiger partial charge is 0.311 e. The van der Waals surface area contributed by atoms with Crippen LogP contribution in [0.5, 0.6) is 5.75 Å². The first kappa shape index (κ1) is 17.1. The number of carbonyl (C=O) groups excluding carboxylic acids is 1. The molecule has 3 aliphatic rings. The van der Waals surface area contributed by atoms with Crippen molar-refractivity contribution in [3.8, 4) is 5.75 Å². The molecule has 2 aliphatic heterocycles. The van der Waals surface area contributed by atoms with E-state index in [-0.39, 0.29) is 23.7 Å². The van der Waals surface area contributed by atoms with Gasteiger partial charge in [-0.15, -0.1) is 0 Å². The summed E-state index contributed by atoms with van der Waals surface area (Å²) in [5.74, 6) is 0.173. The molecule has 6 heteroatoms. The molecule has 1 aromatic heterocycles. The number of aromatic amines is 1. The molecule has 3 heterocycles. The van der Waals surface area contributed by atoms with Gasteiger partial charge in [0.1, 0.15) is 5.75 Å². The molecule has 0 unspecified atom stereocenters. The van der Waals surface area contributed by atoms with Crippen LogP contribution in [0.3, 0.4) is 0 Å². The van der Waals surface area contributed by atoms with Crippen LogP contribution in [0, 0.1) is 17.8 Å². The van der Waals surface area contributed by atoms with E-state index >= 15 is 0 Å². The number of aromatic hydroxyl groups is 1. The van der Waals surface area contributed by atoms with Crippen LogP contribution in [0.25, 0.3) is 10.9 Å². The Morgan fingerprint density at radius 1 is 1.33 bits per heavy atom. The zero-order valence-corrected chi connectivity index (χ0v) is 15.5. The van der Waals surface area contributed by atoms with Crippen molar-refractivity contribution in [1.29, 1.82) is 0 Å². The van der Waals surface area contributed by atoms with Crippen LogP contribution in [0.1, 0.15) is 36.6 Å². The first-order chi connectivity index (χ1) is 13.1. The van der Waals surface area contributed by atoms with E-state index in [1.54, 1.807) is 6.07 Å². The van der Waals surface area contributed by atoms with Crippen molar-refractivity contribution in [2.45, 2.75) is 37.8 Å². The Morgan fingerprint density at radius 3 is 3.00 bits per heavy atom. The first-order valence-electron chi connectivity index (χ1n) is 9.90. The summed E-state index contributed by atoms with van der Waals surface area (Å²) in [5, 5.41) is 21.5. The number of methoxy groups -OCH3 is 1. The number of rotatable bonds is 1. The molecule has 2 fully saturated rings. The average molecular weight is 370 g/mol. The second-order valence-electron chi connectivity index (χ2n) is 8.36. The molecular weight excluding hydrogens is 344 g/mol. The number of H-pyrrole nitrogens is 1. The lowest BCUT2D eigenvalue weighted by atomic mass is 9.65. The van der Waals surface area contributed by atoms with Crippen LogP contribution in [0.2, 0.25) is 0 Å². The van der Waals surface area contributed by atoms with Gasteiger partial charge < -0.3 is 19.9 Å². The third-order valence-electron chi connectivity index (χ3n) is 7.10. The van der Waals surface area contributed by atoms with E-state index in [1.807, 2.05) is 12.1 Å². The standard InChI is InChI=1S/C21H26N2O4/c1-27-21(26)19-14-9-17-20-13(15-8-12(24)3-4-16(15)22-20)6-7-23(17)10-11(14)2-5-18(19)25/h3-4,8,11,14,17-19,22,24-25H,2,5-7,9-10H2,1H3/t11-,14+,17-,18-,19+/m0/s1. The predicted octanol–water partition coefficient (Wildman–Crippen LogP) is 2.35. The van der Waals surface area contributed by atoms with Gasteiger partial charge >= 0.3 is 5.97 Å². The average Bonchev–Trinajstić information content (AvgIpc) is 3.04. The highest BCUT2D eigenvalue weighted by Crippen LogP contribution is 2.49. The Hall–Kier alpha value is -2.05. The highest BCUT2D eigenvalue weighted by atomic mass is 16.5. The number of esters is 1. The molecule has 144 valence electrons. The molecule has 5 rings (SSSR count). The van der Waals surface area contributed by atoms with Crippen molar-refractivity contribution in [2.24, 2.45) is 17.8 Å². The number of piperidine rings is 1. The lowest BCUT2D eigenvalue weighted by Gasteiger charge is -2.50. The molecule has 2 aromatic rings. The molecule has 1 aliphatic carbocycles. The quantitative estimate of drug-likeness (QED) is 0.671. The number of nitrogens with zero attached hydrogens (tertiary/aromatic N) is 1. The Balaban J connectivity index is 1.53. The van der Waals surface area contributed by atoms with Crippen LogP contribution in [0.15, 0.2) is 18.2 Å². The van der Waals surface area contributed by atoms with Crippen LogP contribution >= 0.6 is 0 Å². The van der Waals surface area contributed by atoms with Crippen molar-refractivity contribution in [3.63, 3.8) is 0 Å². The third kappa shape index (κ3) is 2.57. The van der Waals surface area contributed by atoms with Gasteiger partial charge in [-0.3, -0.25) is 9.69 Å². The van der Waals surface area contributed by atoms with Crippen LogP contribution in [-0.4, -0.2) is 52.4 Å². The van der Waals surface area contributed by atoms with E-state index in [0.29, 0.717) is 12.3 Å². The maximum atomic E-state index is 12.4. The number of fused-ring (bicyclic) bond motifs is 6. The molecule has 6 nitrogen and oxygen atoms in total. The maximum Gasteiger partial charge on any atom is 0.311 e. The van der Waals surface area contributed by atoms with E-state index < -0.39 is 12.0 Å². The van der Waals surface area contributed by atoms with Crippen molar-refractivity contribution >= 4 is 16.9 Å². The summed E-state index contributed by atoms with van der Waals surface area (Å²) in [4.78, 5) is 18.5. The Labute approximate surface area is 158 Å². The van der Waals surface area contributed by atoms with E-state index in [2.05, 4.69) is 9.88 Å². The molecule has 5 atom stereocenters. The highest BCUT2D eigenvalue weighted by molar-refractivity contribution is 5.86. The van der Waals surface area contributed by atoms with E-state index in [9.17, 15) is 15.0 Å². The summed E-state index contributed by atoms with van der Waals surface area (Å²) < 4.78 is 5.03. The van der Waals surface area contributed by atoms with Gasteiger partial charge in [0, 0.05) is 29.7 Å². The molecule has 1 saturated carbocycles. The van der Waals surface area contributed by atoms with Gasteiger partial charge in [-0.25, -0.2) is 0 Å². The van der Waals surface area contributed by atoms with Gasteiger partial charge in [0.2, 0.25) is 0 Å². The van der Waals surface area contributed by atoms with Crippen molar-refractivity contribution in [2.75, 3.05) is 20.2 Å². The fourth-order valence-electron chi connectivity index (χ4n) is 5.84. The zero-order valence-electron chi connectivity index (χ0n) is 15.5. The van der Waals surface area contributed by atoms with E-state index in [4.69, 9.17) is 4.74 Å². The lowest BCUT2D eigenvalue weighted by molar-refractivity contribution is -0.160. The van der Waals surface area contributed by atoms with Crippen LogP contribution in [0.4, 0.5) is 0 Å². The highest BCUT2D eigenvalue weighted by Gasteiger charge is 2.49. The topological polar surface area (TPSA) is 85.8 Å². The van der Waals surface area contributed by atoms with Gasteiger partial charge in [-0.2, -0.15) is 0 Å².